The zero-order valence-corrected chi connectivity index (χ0v) is 11.8. The van der Waals surface area contributed by atoms with Gasteiger partial charge in [0, 0.05) is 13.7 Å². The molecule has 18 heavy (non-hydrogen) atoms. The van der Waals surface area contributed by atoms with Crippen molar-refractivity contribution in [1.82, 2.24) is 10.6 Å². The lowest BCUT2D eigenvalue weighted by molar-refractivity contribution is 0.204. The topological polar surface area (TPSA) is 42.5 Å². The molecule has 0 saturated heterocycles. The fourth-order valence-corrected chi connectivity index (χ4v) is 1.79. The number of nitrogens with one attached hydrogen (secondary N) is 2. The van der Waals surface area contributed by atoms with E-state index in [9.17, 15) is 0 Å². The average molecular weight is 268 g/mol. The van der Waals surface area contributed by atoms with Crippen molar-refractivity contribution in [3.8, 4) is 5.75 Å². The summed E-state index contributed by atoms with van der Waals surface area (Å²) >= 11 is 5.20. The number of benzene rings is 1. The lowest BCUT2D eigenvalue weighted by atomic mass is 10.1. The maximum atomic E-state index is 5.20. The molecule has 1 unspecified atom stereocenters. The highest BCUT2D eigenvalue weighted by atomic mass is 32.1. The number of methoxy groups -OCH3 is 2. The van der Waals surface area contributed by atoms with Crippen LogP contribution in [0.2, 0.25) is 0 Å². The molecule has 0 radical (unpaired) electrons. The largest absolute Gasteiger partial charge is 0.497 e. The smallest absolute Gasteiger partial charge is 0.166 e. The minimum absolute atomic E-state index is 0.127. The van der Waals surface area contributed by atoms with Gasteiger partial charge in [0.1, 0.15) is 5.75 Å². The standard InChI is InChI=1S/C13H20N2O2S/c1-10(15-13(18)14-7-8-16-2)11-5-4-6-12(9-11)17-3/h4-6,9-10H,7-8H2,1-3H3,(H2,14,15,18). The third-order valence-electron chi connectivity index (χ3n) is 2.53. The van der Waals surface area contributed by atoms with Crippen LogP contribution < -0.4 is 15.4 Å². The summed E-state index contributed by atoms with van der Waals surface area (Å²) in [6.07, 6.45) is 0. The predicted molar refractivity (Wildman–Crippen MR) is 77.0 cm³/mol. The Morgan fingerprint density at radius 1 is 1.39 bits per heavy atom. The summed E-state index contributed by atoms with van der Waals surface area (Å²) in [6, 6.07) is 8.05. The average Bonchev–Trinajstić information content (AvgIpc) is 2.39. The van der Waals surface area contributed by atoms with Gasteiger partial charge >= 0.3 is 0 Å². The van der Waals surface area contributed by atoms with Gasteiger partial charge in [-0.25, -0.2) is 0 Å². The van der Waals surface area contributed by atoms with Crippen molar-refractivity contribution in [2.24, 2.45) is 0 Å². The van der Waals surface area contributed by atoms with Crippen LogP contribution in [0.1, 0.15) is 18.5 Å². The highest BCUT2D eigenvalue weighted by molar-refractivity contribution is 7.80. The molecule has 1 aromatic rings. The molecule has 1 aromatic carbocycles. The summed E-state index contributed by atoms with van der Waals surface area (Å²) in [6.45, 7) is 3.39. The molecule has 0 fully saturated rings. The Kier molecular flexibility index (Phi) is 6.46. The summed E-state index contributed by atoms with van der Waals surface area (Å²) in [5.41, 5.74) is 1.13. The molecule has 0 bridgehead atoms. The molecule has 4 nitrogen and oxygen atoms in total. The number of rotatable bonds is 6. The molecule has 0 aromatic heterocycles. The van der Waals surface area contributed by atoms with Crippen LogP contribution >= 0.6 is 12.2 Å². The number of ether oxygens (including phenoxy) is 2. The second-order valence-electron chi connectivity index (χ2n) is 3.89. The summed E-state index contributed by atoms with van der Waals surface area (Å²) in [7, 11) is 3.32. The van der Waals surface area contributed by atoms with Gasteiger partial charge in [0.25, 0.3) is 0 Å². The van der Waals surface area contributed by atoms with Gasteiger partial charge in [-0.2, -0.15) is 0 Å². The first-order valence-corrected chi connectivity index (χ1v) is 6.25. The second kappa shape index (κ2) is 7.89. The highest BCUT2D eigenvalue weighted by Crippen LogP contribution is 2.18. The third-order valence-corrected chi connectivity index (χ3v) is 2.80. The fraction of sp³-hybridized carbons (Fsp3) is 0.462. The van der Waals surface area contributed by atoms with E-state index in [0.717, 1.165) is 11.3 Å². The lowest BCUT2D eigenvalue weighted by Crippen LogP contribution is -2.38. The Morgan fingerprint density at radius 3 is 2.83 bits per heavy atom. The molecular formula is C13H20N2O2S. The molecule has 0 saturated carbocycles. The van der Waals surface area contributed by atoms with E-state index in [1.165, 1.54) is 0 Å². The zero-order chi connectivity index (χ0) is 13.4. The minimum Gasteiger partial charge on any atom is -0.497 e. The van der Waals surface area contributed by atoms with Gasteiger partial charge in [0.05, 0.1) is 19.8 Å². The Hall–Kier alpha value is -1.33. The summed E-state index contributed by atoms with van der Waals surface area (Å²) < 4.78 is 10.1. The van der Waals surface area contributed by atoms with E-state index in [1.54, 1.807) is 14.2 Å². The van der Waals surface area contributed by atoms with E-state index in [-0.39, 0.29) is 6.04 Å². The highest BCUT2D eigenvalue weighted by Gasteiger charge is 2.07. The van der Waals surface area contributed by atoms with Gasteiger partial charge in [-0.15, -0.1) is 0 Å². The van der Waals surface area contributed by atoms with Crippen LogP contribution in [0.25, 0.3) is 0 Å². The van der Waals surface area contributed by atoms with Gasteiger partial charge in [0.2, 0.25) is 0 Å². The van der Waals surface area contributed by atoms with E-state index >= 15 is 0 Å². The summed E-state index contributed by atoms with van der Waals surface area (Å²) in [5, 5.41) is 6.92. The van der Waals surface area contributed by atoms with E-state index in [4.69, 9.17) is 21.7 Å². The predicted octanol–water partition coefficient (Wildman–Crippen LogP) is 1.87. The van der Waals surface area contributed by atoms with Crippen molar-refractivity contribution >= 4 is 17.3 Å². The Labute approximate surface area is 114 Å². The van der Waals surface area contributed by atoms with Crippen LogP contribution in [-0.2, 0) is 4.74 Å². The Balaban J connectivity index is 2.48. The molecule has 100 valence electrons. The van der Waals surface area contributed by atoms with Gasteiger partial charge in [-0.05, 0) is 36.8 Å². The summed E-state index contributed by atoms with van der Waals surface area (Å²) in [4.78, 5) is 0. The monoisotopic (exact) mass is 268 g/mol. The first-order chi connectivity index (χ1) is 8.67. The molecule has 0 spiro atoms. The van der Waals surface area contributed by atoms with Crippen molar-refractivity contribution < 1.29 is 9.47 Å². The fourth-order valence-electron chi connectivity index (χ4n) is 1.51. The van der Waals surface area contributed by atoms with Crippen molar-refractivity contribution in [2.45, 2.75) is 13.0 Å². The second-order valence-corrected chi connectivity index (χ2v) is 4.30. The van der Waals surface area contributed by atoms with Crippen molar-refractivity contribution in [1.29, 1.82) is 0 Å². The number of hydrogen-bond acceptors (Lipinski definition) is 3. The molecule has 5 heteroatoms. The molecule has 1 rings (SSSR count). The first-order valence-electron chi connectivity index (χ1n) is 5.84. The molecule has 0 amide bonds. The maximum Gasteiger partial charge on any atom is 0.166 e. The first kappa shape index (κ1) is 14.7. The van der Waals surface area contributed by atoms with E-state index in [2.05, 4.69) is 17.6 Å². The number of hydrogen-bond donors (Lipinski definition) is 2. The van der Waals surface area contributed by atoms with Crippen LogP contribution in [0.5, 0.6) is 5.75 Å². The SMILES string of the molecule is COCCNC(=S)NC(C)c1cccc(OC)c1. The number of thiocarbonyl (C=S) groups is 1. The lowest BCUT2D eigenvalue weighted by Gasteiger charge is -2.17. The van der Waals surface area contributed by atoms with Crippen LogP contribution in [0.15, 0.2) is 24.3 Å². The van der Waals surface area contributed by atoms with Gasteiger partial charge in [0.15, 0.2) is 5.11 Å². The third kappa shape index (κ3) is 4.89. The Bertz CT molecular complexity index is 385. The molecule has 0 aliphatic heterocycles. The Morgan fingerprint density at radius 2 is 2.17 bits per heavy atom. The molecule has 1 atom stereocenters. The van der Waals surface area contributed by atoms with Crippen LogP contribution in [0.4, 0.5) is 0 Å². The van der Waals surface area contributed by atoms with Gasteiger partial charge < -0.3 is 20.1 Å². The molecule has 0 aliphatic carbocycles. The van der Waals surface area contributed by atoms with Gasteiger partial charge in [-0.3, -0.25) is 0 Å². The van der Waals surface area contributed by atoms with Crippen molar-refractivity contribution in [2.75, 3.05) is 27.4 Å². The zero-order valence-electron chi connectivity index (χ0n) is 11.0. The minimum atomic E-state index is 0.127. The quantitative estimate of drug-likeness (QED) is 0.609. The maximum absolute atomic E-state index is 5.20. The van der Waals surface area contributed by atoms with E-state index in [0.29, 0.717) is 18.3 Å². The molecule has 0 aliphatic rings. The van der Waals surface area contributed by atoms with Crippen LogP contribution in [0, 0.1) is 0 Å². The van der Waals surface area contributed by atoms with Crippen LogP contribution in [-0.4, -0.2) is 32.5 Å². The normalized spacial score (nSPS) is 11.7. The van der Waals surface area contributed by atoms with Crippen molar-refractivity contribution in [3.63, 3.8) is 0 Å². The molecular weight excluding hydrogens is 248 g/mol. The molecule has 2 N–H and O–H groups in total. The molecule has 0 heterocycles. The van der Waals surface area contributed by atoms with Crippen molar-refractivity contribution in [3.05, 3.63) is 29.8 Å². The van der Waals surface area contributed by atoms with Crippen LogP contribution in [0.3, 0.4) is 0 Å². The summed E-state index contributed by atoms with van der Waals surface area (Å²) in [5.74, 6) is 0.847. The van der Waals surface area contributed by atoms with E-state index < -0.39 is 0 Å². The van der Waals surface area contributed by atoms with Gasteiger partial charge in [-0.1, -0.05) is 12.1 Å². The van der Waals surface area contributed by atoms with E-state index in [1.807, 2.05) is 24.3 Å².